The molecular formula is C20H24N2O3S2. The lowest BCUT2D eigenvalue weighted by atomic mass is 9.90. The number of aryl methyl sites for hydroxylation is 2. The van der Waals surface area contributed by atoms with Gasteiger partial charge < -0.3 is 4.90 Å². The van der Waals surface area contributed by atoms with E-state index in [0.29, 0.717) is 30.1 Å². The van der Waals surface area contributed by atoms with Gasteiger partial charge in [0.2, 0.25) is 10.0 Å². The van der Waals surface area contributed by atoms with Gasteiger partial charge in [-0.1, -0.05) is 12.1 Å². The fourth-order valence-electron chi connectivity index (χ4n) is 3.94. The maximum absolute atomic E-state index is 12.9. The number of carbonyl (C=O) groups excluding carboxylic acids is 1. The summed E-state index contributed by atoms with van der Waals surface area (Å²) in [5.74, 6) is 0.0583. The Bertz CT molecular complexity index is 915. The van der Waals surface area contributed by atoms with E-state index in [1.165, 1.54) is 35.3 Å². The van der Waals surface area contributed by atoms with E-state index in [9.17, 15) is 13.2 Å². The van der Waals surface area contributed by atoms with Gasteiger partial charge in [0.15, 0.2) is 0 Å². The minimum Gasteiger partial charge on any atom is -0.339 e. The Morgan fingerprint density at radius 3 is 2.52 bits per heavy atom. The van der Waals surface area contributed by atoms with Gasteiger partial charge in [-0.05, 0) is 73.2 Å². The Labute approximate surface area is 164 Å². The van der Waals surface area contributed by atoms with Gasteiger partial charge in [0.05, 0.1) is 0 Å². The van der Waals surface area contributed by atoms with Crippen molar-refractivity contribution in [1.82, 2.24) is 9.62 Å². The Hall–Kier alpha value is -1.70. The summed E-state index contributed by atoms with van der Waals surface area (Å²) in [6.45, 7) is 1.15. The molecule has 1 saturated heterocycles. The molecular weight excluding hydrogens is 380 g/mol. The van der Waals surface area contributed by atoms with Crippen molar-refractivity contribution < 1.29 is 13.2 Å². The highest BCUT2D eigenvalue weighted by Gasteiger charge is 2.28. The third-order valence-corrected chi connectivity index (χ3v) is 8.38. The van der Waals surface area contributed by atoms with E-state index < -0.39 is 10.0 Å². The monoisotopic (exact) mass is 404 g/mol. The molecule has 0 bridgehead atoms. The number of rotatable bonds is 4. The van der Waals surface area contributed by atoms with Gasteiger partial charge in [-0.25, -0.2) is 13.1 Å². The molecule has 1 aromatic carbocycles. The molecule has 0 atom stereocenters. The normalized spacial score (nSPS) is 18.3. The summed E-state index contributed by atoms with van der Waals surface area (Å²) >= 11 is 1.22. The maximum Gasteiger partial charge on any atom is 0.253 e. The molecule has 0 saturated carbocycles. The lowest BCUT2D eigenvalue weighted by Crippen LogP contribution is -2.46. The summed E-state index contributed by atoms with van der Waals surface area (Å²) in [5.41, 5.74) is 3.44. The van der Waals surface area contributed by atoms with E-state index in [1.807, 2.05) is 11.0 Å². The van der Waals surface area contributed by atoms with Crippen LogP contribution in [0.15, 0.2) is 39.9 Å². The van der Waals surface area contributed by atoms with E-state index >= 15 is 0 Å². The average Bonchev–Trinajstić information content (AvgIpc) is 3.23. The molecule has 2 aliphatic rings. The first kappa shape index (κ1) is 18.7. The highest BCUT2D eigenvalue weighted by Crippen LogP contribution is 2.24. The predicted octanol–water partition coefficient (Wildman–Crippen LogP) is 3.21. The number of hydrogen-bond acceptors (Lipinski definition) is 4. The summed E-state index contributed by atoms with van der Waals surface area (Å²) in [7, 11) is -3.45. The van der Waals surface area contributed by atoms with Crippen molar-refractivity contribution in [3.8, 4) is 0 Å². The fraction of sp³-hybridized carbons (Fsp3) is 0.450. The van der Waals surface area contributed by atoms with Crippen LogP contribution in [0.1, 0.15) is 47.2 Å². The molecule has 1 aliphatic carbocycles. The number of carbonyl (C=O) groups is 1. The third kappa shape index (κ3) is 4.10. The van der Waals surface area contributed by atoms with Crippen molar-refractivity contribution in [2.24, 2.45) is 0 Å². The van der Waals surface area contributed by atoms with Crippen LogP contribution in [0.4, 0.5) is 0 Å². The van der Waals surface area contributed by atoms with Gasteiger partial charge in [0.25, 0.3) is 5.91 Å². The molecule has 144 valence electrons. The van der Waals surface area contributed by atoms with Crippen molar-refractivity contribution in [2.45, 2.75) is 48.8 Å². The lowest BCUT2D eigenvalue weighted by molar-refractivity contribution is 0.0711. The van der Waals surface area contributed by atoms with Crippen molar-refractivity contribution in [3.63, 3.8) is 0 Å². The number of piperidine rings is 1. The zero-order valence-corrected chi connectivity index (χ0v) is 16.8. The molecule has 7 heteroatoms. The second-order valence-corrected chi connectivity index (χ2v) is 10.2. The van der Waals surface area contributed by atoms with Gasteiger partial charge in [0, 0.05) is 24.7 Å². The molecule has 1 fully saturated rings. The number of sulfonamides is 1. The summed E-state index contributed by atoms with van der Waals surface area (Å²) in [5, 5.41) is 1.76. The number of benzene rings is 1. The van der Waals surface area contributed by atoms with E-state index in [-0.39, 0.29) is 11.9 Å². The molecule has 0 radical (unpaired) electrons. The van der Waals surface area contributed by atoms with Gasteiger partial charge in [0.1, 0.15) is 4.21 Å². The highest BCUT2D eigenvalue weighted by atomic mass is 32.2. The Balaban J connectivity index is 1.37. The highest BCUT2D eigenvalue weighted by molar-refractivity contribution is 7.91. The van der Waals surface area contributed by atoms with Crippen LogP contribution < -0.4 is 4.72 Å². The largest absolute Gasteiger partial charge is 0.339 e. The molecule has 0 unspecified atom stereocenters. The molecule has 2 heterocycles. The minimum absolute atomic E-state index is 0.0583. The van der Waals surface area contributed by atoms with Crippen LogP contribution in [0.25, 0.3) is 0 Å². The van der Waals surface area contributed by atoms with Crippen LogP contribution in [-0.2, 0) is 22.9 Å². The quantitative estimate of drug-likeness (QED) is 0.851. The third-order valence-electron chi connectivity index (χ3n) is 5.46. The number of likely N-dealkylation sites (tertiary alicyclic amines) is 1. The minimum atomic E-state index is -3.45. The summed E-state index contributed by atoms with van der Waals surface area (Å²) in [6.07, 6.45) is 5.88. The van der Waals surface area contributed by atoms with Crippen molar-refractivity contribution in [2.75, 3.05) is 13.1 Å². The fourth-order valence-corrected chi connectivity index (χ4v) is 6.26. The Morgan fingerprint density at radius 1 is 1.07 bits per heavy atom. The number of hydrogen-bond donors (Lipinski definition) is 1. The molecule has 1 N–H and O–H groups in total. The molecule has 1 aromatic heterocycles. The molecule has 2 aromatic rings. The van der Waals surface area contributed by atoms with Crippen LogP contribution in [0.5, 0.6) is 0 Å². The number of nitrogens with zero attached hydrogens (tertiary/aromatic N) is 1. The molecule has 0 spiro atoms. The SMILES string of the molecule is O=C(c1ccc2c(c1)CCCC2)N1CCC(NS(=O)(=O)c2cccs2)CC1. The van der Waals surface area contributed by atoms with Crippen LogP contribution in [-0.4, -0.2) is 38.4 Å². The predicted molar refractivity (Wildman–Crippen MR) is 107 cm³/mol. The second-order valence-electron chi connectivity index (χ2n) is 7.31. The number of thiophene rings is 1. The van der Waals surface area contributed by atoms with E-state index in [2.05, 4.69) is 16.9 Å². The van der Waals surface area contributed by atoms with Crippen molar-refractivity contribution in [3.05, 3.63) is 52.4 Å². The second kappa shape index (κ2) is 7.73. The van der Waals surface area contributed by atoms with E-state index in [1.54, 1.807) is 17.5 Å². The molecule has 5 nitrogen and oxygen atoms in total. The zero-order chi connectivity index (χ0) is 18.9. The molecule has 1 amide bonds. The van der Waals surface area contributed by atoms with E-state index in [4.69, 9.17) is 0 Å². The van der Waals surface area contributed by atoms with Crippen molar-refractivity contribution >= 4 is 27.3 Å². The smallest absolute Gasteiger partial charge is 0.253 e. The molecule has 4 rings (SSSR count). The van der Waals surface area contributed by atoms with Gasteiger partial charge in [-0.2, -0.15) is 0 Å². The van der Waals surface area contributed by atoms with Crippen LogP contribution >= 0.6 is 11.3 Å². The van der Waals surface area contributed by atoms with Crippen LogP contribution in [0.3, 0.4) is 0 Å². The zero-order valence-electron chi connectivity index (χ0n) is 15.2. The first-order valence-corrected chi connectivity index (χ1v) is 11.9. The Kier molecular flexibility index (Phi) is 5.34. The summed E-state index contributed by atoms with van der Waals surface area (Å²) in [6, 6.07) is 9.33. The van der Waals surface area contributed by atoms with Crippen LogP contribution in [0.2, 0.25) is 0 Å². The van der Waals surface area contributed by atoms with Gasteiger partial charge in [-0.15, -0.1) is 11.3 Å². The first-order valence-electron chi connectivity index (χ1n) is 9.50. The van der Waals surface area contributed by atoms with Gasteiger partial charge in [-0.3, -0.25) is 4.79 Å². The van der Waals surface area contributed by atoms with E-state index in [0.717, 1.165) is 18.4 Å². The maximum atomic E-state index is 12.9. The summed E-state index contributed by atoms with van der Waals surface area (Å²) in [4.78, 5) is 14.7. The molecule has 1 aliphatic heterocycles. The lowest BCUT2D eigenvalue weighted by Gasteiger charge is -2.32. The van der Waals surface area contributed by atoms with Crippen molar-refractivity contribution in [1.29, 1.82) is 0 Å². The number of fused-ring (bicyclic) bond motifs is 1. The topological polar surface area (TPSA) is 66.5 Å². The number of nitrogens with one attached hydrogen (secondary N) is 1. The molecule has 27 heavy (non-hydrogen) atoms. The first-order chi connectivity index (χ1) is 13.0. The van der Waals surface area contributed by atoms with Crippen LogP contribution in [0, 0.1) is 0 Å². The average molecular weight is 405 g/mol. The summed E-state index contributed by atoms with van der Waals surface area (Å²) < 4.78 is 27.8. The standard InChI is InChI=1S/C20H24N2O3S2/c23-20(17-8-7-15-4-1-2-5-16(15)14-17)22-11-9-18(10-12-22)21-27(24,25)19-6-3-13-26-19/h3,6-8,13-14,18,21H,1-2,4-5,9-12H2. The number of amides is 1. The van der Waals surface area contributed by atoms with Gasteiger partial charge >= 0.3 is 0 Å². The Morgan fingerprint density at radius 2 is 1.81 bits per heavy atom.